The van der Waals surface area contributed by atoms with Crippen LogP contribution < -0.4 is 10.6 Å². The van der Waals surface area contributed by atoms with E-state index in [0.29, 0.717) is 11.4 Å². The molecule has 98 valence electrons. The Hall–Kier alpha value is -1.82. The molecule has 0 aliphatic heterocycles. The van der Waals surface area contributed by atoms with Gasteiger partial charge in [0.05, 0.1) is 17.1 Å². The first-order valence-corrected chi connectivity index (χ1v) is 5.95. The van der Waals surface area contributed by atoms with Crippen molar-refractivity contribution in [2.75, 3.05) is 24.3 Å². The summed E-state index contributed by atoms with van der Waals surface area (Å²) in [5, 5.41) is 26.3. The molecule has 0 atom stereocenters. The van der Waals surface area contributed by atoms with E-state index in [9.17, 15) is 15.2 Å². The number of anilines is 2. The second-order valence-electron chi connectivity index (χ2n) is 4.69. The van der Waals surface area contributed by atoms with Crippen LogP contribution in [0.4, 0.5) is 17.1 Å². The number of non-ortho nitro benzene ring substituents is 1. The molecule has 1 aliphatic rings. The lowest BCUT2D eigenvalue weighted by molar-refractivity contribution is -0.384. The Bertz CT molecular complexity index is 452. The summed E-state index contributed by atoms with van der Waals surface area (Å²) in [5.74, 6) is 0. The van der Waals surface area contributed by atoms with Crippen molar-refractivity contribution in [2.45, 2.75) is 24.8 Å². The highest BCUT2D eigenvalue weighted by atomic mass is 16.6. The molecule has 2 rings (SSSR count). The third-order valence-corrected chi connectivity index (χ3v) is 3.44. The van der Waals surface area contributed by atoms with Crippen LogP contribution in [-0.2, 0) is 0 Å². The maximum atomic E-state index is 10.8. The highest BCUT2D eigenvalue weighted by Gasteiger charge is 2.36. The largest absolute Gasteiger partial charge is 0.394 e. The Morgan fingerprint density at radius 2 is 2.06 bits per heavy atom. The molecular weight excluding hydrogens is 234 g/mol. The molecule has 6 nitrogen and oxygen atoms in total. The average molecular weight is 251 g/mol. The van der Waals surface area contributed by atoms with Crippen molar-refractivity contribution in [1.82, 2.24) is 0 Å². The summed E-state index contributed by atoms with van der Waals surface area (Å²) in [6, 6.07) is 4.79. The van der Waals surface area contributed by atoms with E-state index in [1.54, 1.807) is 7.05 Å². The number of aliphatic hydroxyl groups excluding tert-OH is 1. The van der Waals surface area contributed by atoms with Crippen LogP contribution >= 0.6 is 0 Å². The molecule has 18 heavy (non-hydrogen) atoms. The van der Waals surface area contributed by atoms with Gasteiger partial charge in [0, 0.05) is 30.6 Å². The molecule has 0 aromatic heterocycles. The number of hydrogen-bond donors (Lipinski definition) is 3. The molecule has 1 aromatic rings. The lowest BCUT2D eigenvalue weighted by atomic mass is 9.77. The summed E-state index contributed by atoms with van der Waals surface area (Å²) in [6.45, 7) is 0.0462. The number of nitro groups is 1. The molecule has 0 spiro atoms. The van der Waals surface area contributed by atoms with Gasteiger partial charge in [0.2, 0.25) is 0 Å². The van der Waals surface area contributed by atoms with Crippen molar-refractivity contribution in [3.63, 3.8) is 0 Å². The molecule has 1 saturated carbocycles. The third-order valence-electron chi connectivity index (χ3n) is 3.44. The summed E-state index contributed by atoms with van der Waals surface area (Å²) < 4.78 is 0. The minimum absolute atomic E-state index is 0.0387. The van der Waals surface area contributed by atoms with Crippen molar-refractivity contribution in [3.05, 3.63) is 28.3 Å². The first-order chi connectivity index (χ1) is 8.58. The van der Waals surface area contributed by atoms with Crippen LogP contribution in [0.5, 0.6) is 0 Å². The second-order valence-corrected chi connectivity index (χ2v) is 4.69. The number of rotatable bonds is 5. The first kappa shape index (κ1) is 12.6. The van der Waals surface area contributed by atoms with Gasteiger partial charge in [0.1, 0.15) is 0 Å². The van der Waals surface area contributed by atoms with E-state index in [2.05, 4.69) is 10.6 Å². The van der Waals surface area contributed by atoms with Gasteiger partial charge in [-0.15, -0.1) is 0 Å². The van der Waals surface area contributed by atoms with Gasteiger partial charge in [-0.05, 0) is 25.3 Å². The maximum absolute atomic E-state index is 10.8. The van der Waals surface area contributed by atoms with Crippen LogP contribution in [0.3, 0.4) is 0 Å². The van der Waals surface area contributed by atoms with Crippen LogP contribution in [0.2, 0.25) is 0 Å². The zero-order valence-electron chi connectivity index (χ0n) is 10.3. The Balaban J connectivity index is 2.26. The molecule has 0 unspecified atom stereocenters. The van der Waals surface area contributed by atoms with E-state index in [0.717, 1.165) is 19.3 Å². The number of hydrogen-bond acceptors (Lipinski definition) is 5. The summed E-state index contributed by atoms with van der Waals surface area (Å²) in [6.07, 6.45) is 2.85. The van der Waals surface area contributed by atoms with Crippen molar-refractivity contribution in [1.29, 1.82) is 0 Å². The number of nitrogens with zero attached hydrogens (tertiary/aromatic N) is 1. The molecule has 0 radical (unpaired) electrons. The van der Waals surface area contributed by atoms with Gasteiger partial charge in [-0.2, -0.15) is 0 Å². The van der Waals surface area contributed by atoms with Crippen LogP contribution in [0.15, 0.2) is 18.2 Å². The number of aliphatic hydroxyl groups is 1. The van der Waals surface area contributed by atoms with Crippen molar-refractivity contribution < 1.29 is 10.0 Å². The number of nitrogens with one attached hydrogen (secondary N) is 2. The molecule has 3 N–H and O–H groups in total. The molecule has 1 aliphatic carbocycles. The lowest BCUT2D eigenvalue weighted by Crippen LogP contribution is -2.48. The fraction of sp³-hybridized carbons (Fsp3) is 0.500. The summed E-state index contributed by atoms with van der Waals surface area (Å²) in [4.78, 5) is 10.4. The average Bonchev–Trinajstić information content (AvgIpc) is 2.33. The highest BCUT2D eigenvalue weighted by Crippen LogP contribution is 2.36. The normalized spacial score (nSPS) is 16.8. The van der Waals surface area contributed by atoms with Crippen LogP contribution in [-0.4, -0.2) is 29.2 Å². The Labute approximate surface area is 105 Å². The first-order valence-electron chi connectivity index (χ1n) is 5.95. The van der Waals surface area contributed by atoms with Gasteiger partial charge in [-0.3, -0.25) is 10.1 Å². The smallest absolute Gasteiger partial charge is 0.273 e. The fourth-order valence-electron chi connectivity index (χ4n) is 2.17. The van der Waals surface area contributed by atoms with Gasteiger partial charge in [-0.25, -0.2) is 0 Å². The van der Waals surface area contributed by atoms with E-state index in [-0.39, 0.29) is 17.8 Å². The monoisotopic (exact) mass is 251 g/mol. The van der Waals surface area contributed by atoms with Gasteiger partial charge in [-0.1, -0.05) is 0 Å². The zero-order chi connectivity index (χ0) is 13.2. The molecule has 1 aromatic carbocycles. The minimum Gasteiger partial charge on any atom is -0.394 e. The van der Waals surface area contributed by atoms with Gasteiger partial charge >= 0.3 is 0 Å². The van der Waals surface area contributed by atoms with E-state index < -0.39 is 4.92 Å². The zero-order valence-corrected chi connectivity index (χ0v) is 10.3. The van der Waals surface area contributed by atoms with Crippen LogP contribution in [0.25, 0.3) is 0 Å². The SMILES string of the molecule is CNc1cc(NC2(CO)CCC2)cc([N+](=O)[O-])c1. The topological polar surface area (TPSA) is 87.4 Å². The molecule has 1 fully saturated rings. The van der Waals surface area contributed by atoms with Gasteiger partial charge in [0.15, 0.2) is 0 Å². The van der Waals surface area contributed by atoms with Crippen molar-refractivity contribution in [2.24, 2.45) is 0 Å². The van der Waals surface area contributed by atoms with Crippen molar-refractivity contribution in [3.8, 4) is 0 Å². The van der Waals surface area contributed by atoms with Crippen LogP contribution in [0, 0.1) is 10.1 Å². The van der Waals surface area contributed by atoms with E-state index in [1.165, 1.54) is 12.1 Å². The summed E-state index contributed by atoms with van der Waals surface area (Å²) >= 11 is 0. The minimum atomic E-state index is -0.418. The maximum Gasteiger partial charge on any atom is 0.273 e. The van der Waals surface area contributed by atoms with Crippen LogP contribution in [0.1, 0.15) is 19.3 Å². The van der Waals surface area contributed by atoms with Crippen molar-refractivity contribution >= 4 is 17.1 Å². The second kappa shape index (κ2) is 4.81. The summed E-state index contributed by atoms with van der Waals surface area (Å²) in [7, 11) is 1.72. The Morgan fingerprint density at radius 1 is 1.39 bits per heavy atom. The number of nitro benzene ring substituents is 1. The molecule has 0 bridgehead atoms. The van der Waals surface area contributed by atoms with E-state index in [4.69, 9.17) is 0 Å². The highest BCUT2D eigenvalue weighted by molar-refractivity contribution is 5.64. The predicted molar refractivity (Wildman–Crippen MR) is 69.9 cm³/mol. The Morgan fingerprint density at radius 3 is 2.50 bits per heavy atom. The molecule has 0 saturated heterocycles. The quantitative estimate of drug-likeness (QED) is 0.550. The standard InChI is InChI=1S/C12H17N3O3/c1-13-9-5-10(7-11(6-9)15(17)18)14-12(8-16)3-2-4-12/h5-7,13-14,16H,2-4,8H2,1H3. The molecular formula is C12H17N3O3. The predicted octanol–water partition coefficient (Wildman–Crippen LogP) is 1.96. The van der Waals surface area contributed by atoms with E-state index in [1.807, 2.05) is 6.07 Å². The number of benzene rings is 1. The molecule has 0 heterocycles. The third kappa shape index (κ3) is 2.38. The molecule has 0 amide bonds. The summed E-state index contributed by atoms with van der Waals surface area (Å²) in [5.41, 5.74) is 1.08. The lowest BCUT2D eigenvalue weighted by Gasteiger charge is -2.41. The van der Waals surface area contributed by atoms with Gasteiger partial charge in [0.25, 0.3) is 5.69 Å². The van der Waals surface area contributed by atoms with Gasteiger partial charge < -0.3 is 15.7 Å². The molecule has 6 heteroatoms. The van der Waals surface area contributed by atoms with E-state index >= 15 is 0 Å². The Kier molecular flexibility index (Phi) is 3.38. The fourth-order valence-corrected chi connectivity index (χ4v) is 2.17.